The van der Waals surface area contributed by atoms with Crippen molar-refractivity contribution in [2.24, 2.45) is 0 Å². The standard InChI is InChI=1S/C23H26N4O4/c1-29-19-11-18(12-20(30-2)22(19)31-3)21(26-14-16-6-9-24-10-7-16)23(28)27-15-17-5-4-8-25-13-17/h4-13,21,26H,14-15H2,1-3H3,(H,27,28). The quantitative estimate of drug-likeness (QED) is 0.519. The van der Waals surface area contributed by atoms with Crippen LogP contribution in [0.4, 0.5) is 0 Å². The molecule has 1 amide bonds. The Morgan fingerprint density at radius 3 is 2.19 bits per heavy atom. The zero-order valence-electron chi connectivity index (χ0n) is 17.8. The second-order valence-electron chi connectivity index (χ2n) is 6.71. The van der Waals surface area contributed by atoms with Crippen LogP contribution in [-0.4, -0.2) is 37.2 Å². The van der Waals surface area contributed by atoms with Gasteiger partial charge in [0.05, 0.1) is 21.3 Å². The summed E-state index contributed by atoms with van der Waals surface area (Å²) in [7, 11) is 4.63. The molecular weight excluding hydrogens is 396 g/mol. The lowest BCUT2D eigenvalue weighted by Gasteiger charge is -2.21. The largest absolute Gasteiger partial charge is 0.493 e. The zero-order valence-corrected chi connectivity index (χ0v) is 17.8. The van der Waals surface area contributed by atoms with Gasteiger partial charge in [0.2, 0.25) is 11.7 Å². The van der Waals surface area contributed by atoms with Crippen LogP contribution in [0, 0.1) is 0 Å². The summed E-state index contributed by atoms with van der Waals surface area (Å²) in [5.41, 5.74) is 2.60. The molecule has 3 rings (SSSR count). The van der Waals surface area contributed by atoms with Gasteiger partial charge in [0.1, 0.15) is 6.04 Å². The van der Waals surface area contributed by atoms with E-state index >= 15 is 0 Å². The van der Waals surface area contributed by atoms with Gasteiger partial charge < -0.3 is 19.5 Å². The van der Waals surface area contributed by atoms with Crippen LogP contribution in [0.25, 0.3) is 0 Å². The van der Waals surface area contributed by atoms with Crippen LogP contribution < -0.4 is 24.8 Å². The number of rotatable bonds is 10. The minimum atomic E-state index is -0.654. The Kier molecular flexibility index (Phi) is 7.78. The normalized spacial score (nSPS) is 11.5. The van der Waals surface area contributed by atoms with Crippen molar-refractivity contribution in [2.75, 3.05) is 21.3 Å². The molecule has 2 heterocycles. The average molecular weight is 422 g/mol. The topological polar surface area (TPSA) is 94.6 Å². The van der Waals surface area contributed by atoms with E-state index in [4.69, 9.17) is 14.2 Å². The second-order valence-corrected chi connectivity index (χ2v) is 6.71. The van der Waals surface area contributed by atoms with Crippen molar-refractivity contribution in [2.45, 2.75) is 19.1 Å². The van der Waals surface area contributed by atoms with Crippen LogP contribution in [0.1, 0.15) is 22.7 Å². The molecule has 0 radical (unpaired) electrons. The number of benzene rings is 1. The summed E-state index contributed by atoms with van der Waals surface area (Å²) >= 11 is 0. The van der Waals surface area contributed by atoms with E-state index in [2.05, 4.69) is 20.6 Å². The van der Waals surface area contributed by atoms with Crippen molar-refractivity contribution >= 4 is 5.91 Å². The van der Waals surface area contributed by atoms with E-state index in [-0.39, 0.29) is 5.91 Å². The molecule has 0 fully saturated rings. The fourth-order valence-corrected chi connectivity index (χ4v) is 3.14. The maximum absolute atomic E-state index is 13.2. The smallest absolute Gasteiger partial charge is 0.242 e. The van der Waals surface area contributed by atoms with Gasteiger partial charge in [0.25, 0.3) is 0 Å². The van der Waals surface area contributed by atoms with Crippen LogP contribution in [0.2, 0.25) is 0 Å². The predicted molar refractivity (Wildman–Crippen MR) is 116 cm³/mol. The number of hydrogen-bond acceptors (Lipinski definition) is 7. The lowest BCUT2D eigenvalue weighted by atomic mass is 10.0. The van der Waals surface area contributed by atoms with Crippen LogP contribution >= 0.6 is 0 Å². The van der Waals surface area contributed by atoms with Crippen molar-refractivity contribution in [3.8, 4) is 17.2 Å². The molecule has 0 spiro atoms. The Balaban J connectivity index is 1.88. The van der Waals surface area contributed by atoms with E-state index in [1.807, 2.05) is 24.3 Å². The number of ether oxygens (including phenoxy) is 3. The number of amides is 1. The molecule has 1 unspecified atom stereocenters. The fourth-order valence-electron chi connectivity index (χ4n) is 3.14. The molecule has 1 atom stereocenters. The summed E-state index contributed by atoms with van der Waals surface area (Å²) in [5.74, 6) is 1.24. The predicted octanol–water partition coefficient (Wildman–Crippen LogP) is 2.65. The maximum atomic E-state index is 13.2. The van der Waals surface area contributed by atoms with Crippen LogP contribution in [0.3, 0.4) is 0 Å². The number of carbonyl (C=O) groups excluding carboxylic acids is 1. The van der Waals surface area contributed by atoms with Crippen molar-refractivity contribution in [1.82, 2.24) is 20.6 Å². The first-order valence-electron chi connectivity index (χ1n) is 9.75. The highest BCUT2D eigenvalue weighted by atomic mass is 16.5. The van der Waals surface area contributed by atoms with Gasteiger partial charge in [-0.2, -0.15) is 0 Å². The molecule has 0 aliphatic carbocycles. The van der Waals surface area contributed by atoms with E-state index in [1.165, 1.54) is 0 Å². The molecule has 2 aromatic heterocycles. The highest BCUT2D eigenvalue weighted by Gasteiger charge is 2.24. The molecule has 8 heteroatoms. The number of aromatic nitrogens is 2. The second kappa shape index (κ2) is 10.9. The van der Waals surface area contributed by atoms with Gasteiger partial charge >= 0.3 is 0 Å². The number of nitrogens with one attached hydrogen (secondary N) is 2. The third-order valence-electron chi connectivity index (χ3n) is 4.73. The maximum Gasteiger partial charge on any atom is 0.242 e. The lowest BCUT2D eigenvalue weighted by molar-refractivity contribution is -0.123. The summed E-state index contributed by atoms with van der Waals surface area (Å²) < 4.78 is 16.3. The van der Waals surface area contributed by atoms with Crippen molar-refractivity contribution < 1.29 is 19.0 Å². The molecule has 8 nitrogen and oxygen atoms in total. The van der Waals surface area contributed by atoms with Crippen LogP contribution in [0.15, 0.2) is 61.2 Å². The summed E-state index contributed by atoms with van der Waals surface area (Å²) in [6.07, 6.45) is 6.85. The van der Waals surface area contributed by atoms with Gasteiger partial charge in [-0.25, -0.2) is 0 Å². The summed E-state index contributed by atoms with van der Waals surface area (Å²) in [6.45, 7) is 0.842. The molecule has 3 aromatic rings. The Morgan fingerprint density at radius 1 is 0.903 bits per heavy atom. The molecule has 162 valence electrons. The molecule has 1 aromatic carbocycles. The molecule has 0 saturated heterocycles. The molecule has 0 bridgehead atoms. The Hall–Kier alpha value is -3.65. The Labute approximate surface area is 181 Å². The summed E-state index contributed by atoms with van der Waals surface area (Å²) in [4.78, 5) is 21.3. The minimum Gasteiger partial charge on any atom is -0.493 e. The van der Waals surface area contributed by atoms with Gasteiger partial charge in [-0.15, -0.1) is 0 Å². The molecule has 0 aliphatic heterocycles. The van der Waals surface area contributed by atoms with Crippen molar-refractivity contribution in [3.05, 3.63) is 77.9 Å². The van der Waals surface area contributed by atoms with E-state index in [9.17, 15) is 4.79 Å². The van der Waals surface area contributed by atoms with Gasteiger partial charge in [-0.1, -0.05) is 6.07 Å². The lowest BCUT2D eigenvalue weighted by Crippen LogP contribution is -2.37. The molecule has 31 heavy (non-hydrogen) atoms. The minimum absolute atomic E-state index is 0.188. The SMILES string of the molecule is COc1cc(C(NCc2ccncc2)C(=O)NCc2cccnc2)cc(OC)c1OC. The number of carbonyl (C=O) groups is 1. The van der Waals surface area contributed by atoms with E-state index in [0.717, 1.165) is 11.1 Å². The first kappa shape index (κ1) is 22.0. The molecule has 0 saturated carbocycles. The van der Waals surface area contributed by atoms with E-state index < -0.39 is 6.04 Å². The zero-order chi connectivity index (χ0) is 22.1. The van der Waals surface area contributed by atoms with E-state index in [0.29, 0.717) is 35.9 Å². The third-order valence-corrected chi connectivity index (χ3v) is 4.73. The number of nitrogens with zero attached hydrogens (tertiary/aromatic N) is 2. The number of methoxy groups -OCH3 is 3. The average Bonchev–Trinajstić information content (AvgIpc) is 2.83. The Bertz CT molecular complexity index is 958. The highest BCUT2D eigenvalue weighted by molar-refractivity contribution is 5.83. The first-order valence-corrected chi connectivity index (χ1v) is 9.75. The van der Waals surface area contributed by atoms with Gasteiger partial charge in [0, 0.05) is 37.9 Å². The molecule has 0 aliphatic rings. The Morgan fingerprint density at radius 2 is 1.61 bits per heavy atom. The molecule has 2 N–H and O–H groups in total. The van der Waals surface area contributed by atoms with Gasteiger partial charge in [-0.05, 0) is 47.0 Å². The van der Waals surface area contributed by atoms with Gasteiger partial charge in [0.15, 0.2) is 11.5 Å². The fraction of sp³-hybridized carbons (Fsp3) is 0.261. The van der Waals surface area contributed by atoms with E-state index in [1.54, 1.807) is 58.2 Å². The number of hydrogen-bond donors (Lipinski definition) is 2. The van der Waals surface area contributed by atoms with Crippen LogP contribution in [0.5, 0.6) is 17.2 Å². The van der Waals surface area contributed by atoms with Gasteiger partial charge in [-0.3, -0.25) is 20.1 Å². The summed E-state index contributed by atoms with van der Waals surface area (Å²) in [5, 5.41) is 6.29. The van der Waals surface area contributed by atoms with Crippen molar-refractivity contribution in [1.29, 1.82) is 0 Å². The molecular formula is C23H26N4O4. The van der Waals surface area contributed by atoms with Crippen LogP contribution in [-0.2, 0) is 17.9 Å². The first-order chi connectivity index (χ1) is 15.2. The monoisotopic (exact) mass is 422 g/mol. The highest BCUT2D eigenvalue weighted by Crippen LogP contribution is 2.39. The summed E-state index contributed by atoms with van der Waals surface area (Å²) in [6, 6.07) is 10.4. The number of pyridine rings is 2. The van der Waals surface area contributed by atoms with Crippen molar-refractivity contribution in [3.63, 3.8) is 0 Å². The third kappa shape index (κ3) is 5.70.